The summed E-state index contributed by atoms with van der Waals surface area (Å²) >= 11 is 0. The molecule has 0 fully saturated rings. The van der Waals surface area contributed by atoms with Gasteiger partial charge in [0.05, 0.1) is 5.57 Å². The Kier molecular flexibility index (Phi) is 4.21. The molecule has 34 heavy (non-hydrogen) atoms. The van der Waals surface area contributed by atoms with Crippen molar-refractivity contribution in [2.75, 3.05) is 31.1 Å². The SMILES string of the molecule is C1=C2CCC[N+]3=C2C(=C2Oc4c(cc5c6c4CCCN6CCC5)C(c4ccccc4)C12)CCC3. The molecular formula is C31H33N2O+. The monoisotopic (exact) mass is 449 g/mol. The molecule has 2 unspecified atom stereocenters. The largest absolute Gasteiger partial charge is 0.460 e. The fourth-order valence-electron chi connectivity index (χ4n) is 7.90. The molecule has 5 heterocycles. The predicted octanol–water partition coefficient (Wildman–Crippen LogP) is 5.76. The summed E-state index contributed by atoms with van der Waals surface area (Å²) in [4.78, 5) is 2.65. The van der Waals surface area contributed by atoms with Gasteiger partial charge in [-0.3, -0.25) is 0 Å². The molecule has 0 saturated heterocycles. The molecule has 0 saturated carbocycles. The van der Waals surface area contributed by atoms with Crippen molar-refractivity contribution in [3.63, 3.8) is 0 Å². The molecule has 0 aromatic heterocycles. The summed E-state index contributed by atoms with van der Waals surface area (Å²) in [6, 6.07) is 13.9. The fraction of sp³-hybridized carbons (Fsp3) is 0.452. The Labute approximate surface area is 202 Å². The van der Waals surface area contributed by atoms with E-state index in [0.717, 1.165) is 12.8 Å². The Bertz CT molecular complexity index is 1290. The number of ether oxygens (including phenoxy) is 1. The Morgan fingerprint density at radius 2 is 1.71 bits per heavy atom. The molecule has 6 aliphatic rings. The first-order valence-electron chi connectivity index (χ1n) is 13.6. The van der Waals surface area contributed by atoms with Crippen LogP contribution in [0.1, 0.15) is 66.7 Å². The number of hydrogen-bond acceptors (Lipinski definition) is 2. The summed E-state index contributed by atoms with van der Waals surface area (Å²) in [6.45, 7) is 4.83. The van der Waals surface area contributed by atoms with E-state index in [0.29, 0.717) is 11.8 Å². The van der Waals surface area contributed by atoms with E-state index < -0.39 is 0 Å². The van der Waals surface area contributed by atoms with Crippen LogP contribution in [0.2, 0.25) is 0 Å². The van der Waals surface area contributed by atoms with Gasteiger partial charge in [-0.15, -0.1) is 0 Å². The molecule has 2 aromatic carbocycles. The zero-order valence-electron chi connectivity index (χ0n) is 20.0. The Balaban J connectivity index is 1.41. The summed E-state index contributed by atoms with van der Waals surface area (Å²) < 4.78 is 9.81. The number of hydrogen-bond donors (Lipinski definition) is 0. The normalized spacial score (nSPS) is 26.7. The van der Waals surface area contributed by atoms with E-state index in [-0.39, 0.29) is 0 Å². The van der Waals surface area contributed by atoms with E-state index in [9.17, 15) is 0 Å². The average molecular weight is 450 g/mol. The van der Waals surface area contributed by atoms with Gasteiger partial charge in [0, 0.05) is 60.2 Å². The van der Waals surface area contributed by atoms with Crippen molar-refractivity contribution in [2.45, 2.75) is 57.3 Å². The molecule has 8 rings (SSSR count). The molecule has 5 aliphatic heterocycles. The van der Waals surface area contributed by atoms with Gasteiger partial charge in [-0.1, -0.05) is 36.4 Å². The van der Waals surface area contributed by atoms with Crippen molar-refractivity contribution in [3.05, 3.63) is 81.6 Å². The van der Waals surface area contributed by atoms with E-state index in [1.807, 2.05) is 0 Å². The molecule has 0 radical (unpaired) electrons. The highest BCUT2D eigenvalue weighted by atomic mass is 16.5. The number of rotatable bonds is 1. The molecule has 172 valence electrons. The van der Waals surface area contributed by atoms with E-state index in [1.54, 1.807) is 11.1 Å². The summed E-state index contributed by atoms with van der Waals surface area (Å²) in [7, 11) is 0. The minimum Gasteiger partial charge on any atom is -0.460 e. The van der Waals surface area contributed by atoms with Gasteiger partial charge in [0.2, 0.25) is 5.71 Å². The Morgan fingerprint density at radius 1 is 0.882 bits per heavy atom. The highest BCUT2D eigenvalue weighted by Crippen LogP contribution is 2.55. The number of nitrogens with zero attached hydrogens (tertiary/aromatic N) is 2. The first-order chi connectivity index (χ1) is 16.9. The number of benzene rings is 2. The van der Waals surface area contributed by atoms with Gasteiger partial charge in [-0.25, -0.2) is 4.58 Å². The van der Waals surface area contributed by atoms with Gasteiger partial charge in [0.15, 0.2) is 0 Å². The van der Waals surface area contributed by atoms with Crippen LogP contribution < -0.4 is 9.64 Å². The molecule has 3 heteroatoms. The van der Waals surface area contributed by atoms with Crippen LogP contribution in [0.25, 0.3) is 0 Å². The van der Waals surface area contributed by atoms with E-state index >= 15 is 0 Å². The summed E-state index contributed by atoms with van der Waals surface area (Å²) in [5.74, 6) is 3.15. The van der Waals surface area contributed by atoms with Crippen LogP contribution in [-0.2, 0) is 12.8 Å². The van der Waals surface area contributed by atoms with Gasteiger partial charge >= 0.3 is 0 Å². The lowest BCUT2D eigenvalue weighted by molar-refractivity contribution is -0.533. The lowest BCUT2D eigenvalue weighted by Gasteiger charge is -2.44. The summed E-state index contributed by atoms with van der Waals surface area (Å²) in [5, 5.41) is 0. The van der Waals surface area contributed by atoms with Gasteiger partial charge in [0.1, 0.15) is 24.6 Å². The summed E-state index contributed by atoms with van der Waals surface area (Å²) in [5.41, 5.74) is 12.1. The molecule has 0 amide bonds. The molecule has 1 aliphatic carbocycles. The smallest absolute Gasteiger partial charge is 0.209 e. The van der Waals surface area contributed by atoms with Gasteiger partial charge < -0.3 is 9.64 Å². The first kappa shape index (κ1) is 19.5. The number of aryl methyl sites for hydroxylation is 1. The third-order valence-electron chi connectivity index (χ3n) is 9.18. The van der Waals surface area contributed by atoms with Gasteiger partial charge in [-0.05, 0) is 55.7 Å². The van der Waals surface area contributed by atoms with E-state index in [2.05, 4.69) is 51.9 Å². The third kappa shape index (κ3) is 2.67. The standard InChI is InChI=1S/C31H33N2O/c1-2-8-20(9-3-1)27-25-18-21-10-4-14-32-16-6-12-23(28(21)32)30(25)34-31-24-13-7-17-33-15-5-11-22(29(24)33)19-26(27)31/h1-3,8-9,18-19,25,27H,4-7,10-17H2/q+1. The summed E-state index contributed by atoms with van der Waals surface area (Å²) in [6.07, 6.45) is 12.4. The first-order valence-corrected chi connectivity index (χ1v) is 13.6. The van der Waals surface area contributed by atoms with Crippen LogP contribution in [0.5, 0.6) is 5.75 Å². The van der Waals surface area contributed by atoms with Crippen molar-refractivity contribution in [1.82, 2.24) is 0 Å². The van der Waals surface area contributed by atoms with Crippen molar-refractivity contribution in [3.8, 4) is 5.75 Å². The quantitative estimate of drug-likeness (QED) is 0.514. The van der Waals surface area contributed by atoms with Gasteiger partial charge in [0.25, 0.3) is 0 Å². The van der Waals surface area contributed by atoms with Crippen LogP contribution in [0.15, 0.2) is 59.4 Å². The zero-order valence-corrected chi connectivity index (χ0v) is 20.0. The fourth-order valence-corrected chi connectivity index (χ4v) is 7.90. The van der Waals surface area contributed by atoms with E-state index in [1.165, 1.54) is 110 Å². The van der Waals surface area contributed by atoms with Crippen molar-refractivity contribution in [1.29, 1.82) is 0 Å². The molecular weight excluding hydrogens is 416 g/mol. The molecule has 0 spiro atoms. The molecule has 2 atom stereocenters. The lowest BCUT2D eigenvalue weighted by atomic mass is 9.69. The van der Waals surface area contributed by atoms with Crippen molar-refractivity contribution < 1.29 is 9.31 Å². The highest BCUT2D eigenvalue weighted by Gasteiger charge is 2.46. The van der Waals surface area contributed by atoms with Crippen LogP contribution in [-0.4, -0.2) is 36.5 Å². The maximum Gasteiger partial charge on any atom is 0.209 e. The van der Waals surface area contributed by atoms with Gasteiger partial charge in [-0.2, -0.15) is 0 Å². The lowest BCUT2D eigenvalue weighted by Crippen LogP contribution is -2.41. The van der Waals surface area contributed by atoms with Crippen LogP contribution in [0.3, 0.4) is 0 Å². The molecule has 3 nitrogen and oxygen atoms in total. The Morgan fingerprint density at radius 3 is 2.59 bits per heavy atom. The zero-order chi connectivity index (χ0) is 22.2. The molecule has 0 bridgehead atoms. The number of anilines is 1. The predicted molar refractivity (Wildman–Crippen MR) is 136 cm³/mol. The topological polar surface area (TPSA) is 15.5 Å². The minimum absolute atomic E-state index is 0.315. The second-order valence-corrected chi connectivity index (χ2v) is 11.1. The van der Waals surface area contributed by atoms with Crippen molar-refractivity contribution in [2.24, 2.45) is 5.92 Å². The number of fused-ring (bicyclic) bond motifs is 3. The van der Waals surface area contributed by atoms with Crippen LogP contribution in [0.4, 0.5) is 5.69 Å². The van der Waals surface area contributed by atoms with E-state index in [4.69, 9.17) is 4.74 Å². The average Bonchev–Trinajstić information content (AvgIpc) is 2.89. The second kappa shape index (κ2) is 7.34. The minimum atomic E-state index is 0.315. The maximum absolute atomic E-state index is 7.15. The van der Waals surface area contributed by atoms with Crippen LogP contribution >= 0.6 is 0 Å². The number of allylic oxidation sites excluding steroid dienone is 3. The van der Waals surface area contributed by atoms with Crippen LogP contribution in [0, 0.1) is 5.92 Å². The third-order valence-corrected chi connectivity index (χ3v) is 9.18. The highest BCUT2D eigenvalue weighted by molar-refractivity contribution is 6.11. The second-order valence-electron chi connectivity index (χ2n) is 11.1. The molecule has 2 aromatic rings. The Hall–Kier alpha value is -2.81. The molecule has 0 N–H and O–H groups in total. The van der Waals surface area contributed by atoms with Crippen molar-refractivity contribution >= 4 is 11.4 Å². The maximum atomic E-state index is 7.15.